The topological polar surface area (TPSA) is 59.9 Å². The van der Waals surface area contributed by atoms with Gasteiger partial charge in [-0.05, 0) is 75.9 Å². The molecule has 3 aromatic rings. The van der Waals surface area contributed by atoms with Gasteiger partial charge in [0.15, 0.2) is 11.5 Å². The minimum absolute atomic E-state index is 0.209. The summed E-state index contributed by atoms with van der Waals surface area (Å²) in [6.07, 6.45) is 1.79. The summed E-state index contributed by atoms with van der Waals surface area (Å²) in [5, 5.41) is 5.02. The highest BCUT2D eigenvalue weighted by atomic mass is 79.9. The number of nitrogens with one attached hydrogen (secondary N) is 1. The fraction of sp³-hybridized carbons (Fsp3) is 0.167. The van der Waals surface area contributed by atoms with Crippen LogP contribution in [0.25, 0.3) is 0 Å². The summed E-state index contributed by atoms with van der Waals surface area (Å²) >= 11 is 19.0. The second-order valence-corrected chi connectivity index (χ2v) is 9.48. The van der Waals surface area contributed by atoms with Gasteiger partial charge < -0.3 is 9.47 Å². The lowest BCUT2D eigenvalue weighted by Gasteiger charge is -2.15. The van der Waals surface area contributed by atoms with Crippen molar-refractivity contribution in [2.75, 3.05) is 6.61 Å². The van der Waals surface area contributed by atoms with E-state index >= 15 is 0 Å². The first-order valence-corrected chi connectivity index (χ1v) is 12.3. The van der Waals surface area contributed by atoms with Gasteiger partial charge in [-0.15, -0.1) is 0 Å². The first-order chi connectivity index (χ1) is 15.9. The molecule has 1 amide bonds. The van der Waals surface area contributed by atoms with Crippen LogP contribution in [0.15, 0.2) is 68.6 Å². The normalized spacial score (nSPS) is 10.9. The summed E-state index contributed by atoms with van der Waals surface area (Å²) in [4.78, 5) is 12.1. The first-order valence-electron chi connectivity index (χ1n) is 9.95. The maximum absolute atomic E-state index is 12.1. The van der Waals surface area contributed by atoms with Crippen molar-refractivity contribution in [3.63, 3.8) is 0 Å². The number of amides is 1. The van der Waals surface area contributed by atoms with Crippen LogP contribution in [0.5, 0.6) is 11.5 Å². The molecule has 0 aliphatic carbocycles. The van der Waals surface area contributed by atoms with Crippen LogP contribution in [0, 0.1) is 0 Å². The van der Waals surface area contributed by atoms with Crippen LogP contribution in [0.1, 0.15) is 23.6 Å². The number of ether oxygens (including phenoxy) is 2. The molecule has 0 bridgehead atoms. The lowest BCUT2D eigenvalue weighted by molar-refractivity contribution is -0.120. The van der Waals surface area contributed by atoms with Crippen LogP contribution in [-0.4, -0.2) is 18.7 Å². The lowest BCUT2D eigenvalue weighted by Crippen LogP contribution is -2.19. The molecule has 5 nitrogen and oxygen atoms in total. The van der Waals surface area contributed by atoms with Gasteiger partial charge in [0.2, 0.25) is 5.91 Å². The zero-order valence-electron chi connectivity index (χ0n) is 17.6. The van der Waals surface area contributed by atoms with Gasteiger partial charge in [0, 0.05) is 4.47 Å². The van der Waals surface area contributed by atoms with Crippen molar-refractivity contribution < 1.29 is 14.3 Å². The number of benzene rings is 3. The van der Waals surface area contributed by atoms with E-state index in [4.69, 9.17) is 32.7 Å². The van der Waals surface area contributed by atoms with Gasteiger partial charge in [0.1, 0.15) is 6.61 Å². The highest BCUT2D eigenvalue weighted by molar-refractivity contribution is 9.10. The fourth-order valence-corrected chi connectivity index (χ4v) is 4.02. The minimum Gasteiger partial charge on any atom is -0.490 e. The standard InChI is InChI=1S/C24H20Br2Cl2N2O3/c1-2-32-22-11-17(13-29-30-23(31)12-15-3-6-18(25)7-4-15)9-19(26)24(22)33-14-16-5-8-20(27)21(28)10-16/h3-11,13H,2,12,14H2,1H3,(H,30,31)/b29-13+. The Labute approximate surface area is 219 Å². The van der Waals surface area contributed by atoms with E-state index in [0.717, 1.165) is 21.2 Å². The Morgan fingerprint density at radius 1 is 1.00 bits per heavy atom. The summed E-state index contributed by atoms with van der Waals surface area (Å²) < 4.78 is 13.4. The van der Waals surface area contributed by atoms with Crippen molar-refractivity contribution in [2.45, 2.75) is 20.0 Å². The molecule has 1 N–H and O–H groups in total. The molecule has 3 aromatic carbocycles. The molecule has 0 unspecified atom stereocenters. The Kier molecular flexibility index (Phi) is 9.62. The van der Waals surface area contributed by atoms with Crippen molar-refractivity contribution in [3.05, 3.63) is 90.3 Å². The quantitative estimate of drug-likeness (QED) is 0.205. The molecule has 3 rings (SSSR count). The zero-order chi connectivity index (χ0) is 23.8. The molecule has 0 radical (unpaired) electrons. The maximum atomic E-state index is 12.1. The van der Waals surface area contributed by atoms with Crippen LogP contribution in [0.4, 0.5) is 0 Å². The van der Waals surface area contributed by atoms with Crippen molar-refractivity contribution in [2.24, 2.45) is 5.10 Å². The Bertz CT molecular complexity index is 1160. The second-order valence-electron chi connectivity index (χ2n) is 6.90. The van der Waals surface area contributed by atoms with Gasteiger partial charge in [0.25, 0.3) is 0 Å². The number of rotatable bonds is 9. The van der Waals surface area contributed by atoms with Gasteiger partial charge in [0.05, 0.1) is 33.8 Å². The first kappa shape index (κ1) is 25.6. The molecule has 0 aliphatic heterocycles. The molecule has 0 atom stereocenters. The van der Waals surface area contributed by atoms with E-state index in [-0.39, 0.29) is 18.9 Å². The molecular formula is C24H20Br2Cl2N2O3. The number of hydrogen-bond acceptors (Lipinski definition) is 4. The van der Waals surface area contributed by atoms with Gasteiger partial charge in [-0.2, -0.15) is 5.10 Å². The second kappa shape index (κ2) is 12.4. The number of halogens is 4. The van der Waals surface area contributed by atoms with Crippen molar-refractivity contribution in [1.29, 1.82) is 0 Å². The van der Waals surface area contributed by atoms with E-state index in [2.05, 4.69) is 42.4 Å². The van der Waals surface area contributed by atoms with Gasteiger partial charge in [-0.25, -0.2) is 5.43 Å². The third-order valence-corrected chi connectivity index (χ3v) is 6.24. The molecule has 0 aliphatic rings. The van der Waals surface area contributed by atoms with Crippen LogP contribution in [0.2, 0.25) is 10.0 Å². The molecule has 172 valence electrons. The Morgan fingerprint density at radius 3 is 2.42 bits per heavy atom. The van der Waals surface area contributed by atoms with Gasteiger partial charge in [-0.3, -0.25) is 4.79 Å². The summed E-state index contributed by atoms with van der Waals surface area (Å²) in [7, 11) is 0. The molecule has 0 heterocycles. The summed E-state index contributed by atoms with van der Waals surface area (Å²) in [6, 6.07) is 16.5. The molecule has 0 saturated heterocycles. The van der Waals surface area contributed by atoms with E-state index in [1.165, 1.54) is 0 Å². The smallest absolute Gasteiger partial charge is 0.244 e. The maximum Gasteiger partial charge on any atom is 0.244 e. The number of carbonyl (C=O) groups is 1. The predicted molar refractivity (Wildman–Crippen MR) is 140 cm³/mol. The number of carbonyl (C=O) groups excluding carboxylic acids is 1. The third kappa shape index (κ3) is 7.74. The van der Waals surface area contributed by atoms with Crippen LogP contribution < -0.4 is 14.9 Å². The molecule has 0 saturated carbocycles. The average Bonchev–Trinajstić information content (AvgIpc) is 2.77. The Morgan fingerprint density at radius 2 is 1.73 bits per heavy atom. The van der Waals surface area contributed by atoms with Crippen molar-refractivity contribution in [3.8, 4) is 11.5 Å². The summed E-state index contributed by atoms with van der Waals surface area (Å²) in [5.74, 6) is 0.896. The van der Waals surface area contributed by atoms with E-state index < -0.39 is 0 Å². The SMILES string of the molecule is CCOc1cc(/C=N/NC(=O)Cc2ccc(Br)cc2)cc(Br)c1OCc1ccc(Cl)c(Cl)c1. The van der Waals surface area contributed by atoms with Gasteiger partial charge >= 0.3 is 0 Å². The number of nitrogens with zero attached hydrogens (tertiary/aromatic N) is 1. The third-order valence-electron chi connectivity index (χ3n) is 4.38. The lowest BCUT2D eigenvalue weighted by atomic mass is 10.1. The van der Waals surface area contributed by atoms with Crippen LogP contribution >= 0.6 is 55.1 Å². The molecule has 33 heavy (non-hydrogen) atoms. The van der Waals surface area contributed by atoms with Crippen LogP contribution in [-0.2, 0) is 17.8 Å². The Balaban J connectivity index is 1.66. The molecule has 0 fully saturated rings. The van der Waals surface area contributed by atoms with Crippen LogP contribution in [0.3, 0.4) is 0 Å². The number of hydrazone groups is 1. The Hall–Kier alpha value is -2.06. The monoisotopic (exact) mass is 612 g/mol. The zero-order valence-corrected chi connectivity index (χ0v) is 22.3. The number of hydrogen-bond donors (Lipinski definition) is 1. The highest BCUT2D eigenvalue weighted by Gasteiger charge is 2.13. The van der Waals surface area contributed by atoms with E-state index in [0.29, 0.717) is 32.6 Å². The van der Waals surface area contributed by atoms with Gasteiger partial charge in [-0.1, -0.05) is 57.3 Å². The van der Waals surface area contributed by atoms with Crippen molar-refractivity contribution >= 4 is 67.2 Å². The highest BCUT2D eigenvalue weighted by Crippen LogP contribution is 2.37. The van der Waals surface area contributed by atoms with E-state index in [9.17, 15) is 4.79 Å². The molecular weight excluding hydrogens is 595 g/mol. The van der Waals surface area contributed by atoms with Crippen molar-refractivity contribution in [1.82, 2.24) is 5.43 Å². The minimum atomic E-state index is -0.209. The molecule has 9 heteroatoms. The molecule has 0 aromatic heterocycles. The fourth-order valence-electron chi connectivity index (χ4n) is 2.86. The summed E-state index contributed by atoms with van der Waals surface area (Å²) in [5.41, 5.74) is 5.05. The van der Waals surface area contributed by atoms with E-state index in [1.54, 1.807) is 24.4 Å². The predicted octanol–water partition coefficient (Wildman–Crippen LogP) is 7.19. The molecule has 0 spiro atoms. The van der Waals surface area contributed by atoms with E-state index in [1.807, 2.05) is 43.3 Å². The average molecular weight is 615 g/mol. The largest absolute Gasteiger partial charge is 0.490 e. The summed E-state index contributed by atoms with van der Waals surface area (Å²) in [6.45, 7) is 2.63.